The number of hydrogen-bond donors (Lipinski definition) is 6. The lowest BCUT2D eigenvalue weighted by atomic mass is 9.85. The molecule has 1 aromatic carbocycles. The molecule has 0 spiro atoms. The molecular weight excluding hydrogens is 759 g/mol. The molecule has 5 unspecified atom stereocenters. The number of phenolic OH excluding ortho intramolecular Hbond substituents is 1. The number of aldehydes is 1. The van der Waals surface area contributed by atoms with Gasteiger partial charge in [0.2, 0.25) is 5.91 Å². The van der Waals surface area contributed by atoms with Crippen molar-refractivity contribution in [2.75, 3.05) is 27.7 Å². The average molecular weight is 824 g/mol. The predicted molar refractivity (Wildman–Crippen MR) is 225 cm³/mol. The number of amides is 3. The second kappa shape index (κ2) is 26.2. The van der Waals surface area contributed by atoms with Gasteiger partial charge in [-0.05, 0) is 75.8 Å². The van der Waals surface area contributed by atoms with Crippen molar-refractivity contribution in [3.63, 3.8) is 0 Å². The molecule has 0 aliphatic carbocycles. The van der Waals surface area contributed by atoms with Crippen LogP contribution >= 0.6 is 0 Å². The number of hydrogen-bond acceptors (Lipinski definition) is 12. The smallest absolute Gasteiger partial charge is 0.325 e. The highest BCUT2D eigenvalue weighted by Gasteiger charge is 2.35. The molecule has 59 heavy (non-hydrogen) atoms. The third kappa shape index (κ3) is 16.7. The maximum atomic E-state index is 13.6. The van der Waals surface area contributed by atoms with Crippen molar-refractivity contribution >= 4 is 30.0 Å². The van der Waals surface area contributed by atoms with Crippen molar-refractivity contribution < 1.29 is 48.9 Å². The lowest BCUT2D eigenvalue weighted by molar-refractivity contribution is -0.162. The number of allylic oxidation sites excluding steroid dienone is 6. The van der Waals surface area contributed by atoms with Gasteiger partial charge in [-0.15, -0.1) is 0 Å². The van der Waals surface area contributed by atoms with Gasteiger partial charge in [0, 0.05) is 32.0 Å². The number of hydrazine groups is 1. The van der Waals surface area contributed by atoms with Crippen LogP contribution in [0.5, 0.6) is 5.75 Å². The Morgan fingerprint density at radius 3 is 2.44 bits per heavy atom. The van der Waals surface area contributed by atoms with Gasteiger partial charge in [0.15, 0.2) is 0 Å². The molecule has 15 nitrogen and oxygen atoms in total. The standard InChI is InChI=1S/C44H65N5O10/c1-9-10-20-34(42(55)46-37(28-50)29(2)3)41(54)31(5)38(52)22-12-11-13-23-39(30(4)17-14-24-40(53)48(7)58-8)59-44(57)35-21-16-25-49(47-35)43(56)36(45-6)27-32-18-15-19-33(51)26-32/h9-15,17-19,22,24,26,28-29,31,34-39,41,45,47,51-52,54H,16,20-21,23,25,27H2,1-8H3,(H,46,55)/b10-9+,13-11+,22-12+,24-14+,30-17+/t31-,34?,35?,36?,37?,38-,39-,41?/m0/s1. The van der Waals surface area contributed by atoms with Crippen LogP contribution in [0.1, 0.15) is 65.9 Å². The Morgan fingerprint density at radius 2 is 1.81 bits per heavy atom. The number of hydroxylamine groups is 2. The van der Waals surface area contributed by atoms with Gasteiger partial charge in [0.1, 0.15) is 24.2 Å². The van der Waals surface area contributed by atoms with Crippen LogP contribution in [-0.4, -0.2) is 120 Å². The minimum Gasteiger partial charge on any atom is -0.508 e. The quantitative estimate of drug-likeness (QED) is 0.0235. The van der Waals surface area contributed by atoms with E-state index in [9.17, 15) is 39.3 Å². The van der Waals surface area contributed by atoms with E-state index in [0.717, 1.165) is 10.6 Å². The first-order valence-corrected chi connectivity index (χ1v) is 20.0. The summed E-state index contributed by atoms with van der Waals surface area (Å²) in [5.74, 6) is -3.39. The second-order valence-corrected chi connectivity index (χ2v) is 15.0. The summed E-state index contributed by atoms with van der Waals surface area (Å²) >= 11 is 0. The number of benzene rings is 1. The van der Waals surface area contributed by atoms with E-state index in [1.807, 2.05) is 19.9 Å². The molecule has 1 aliphatic rings. The molecule has 15 heteroatoms. The maximum absolute atomic E-state index is 13.6. The molecule has 0 bridgehead atoms. The van der Waals surface area contributed by atoms with Crippen LogP contribution in [0.2, 0.25) is 0 Å². The van der Waals surface area contributed by atoms with E-state index in [2.05, 4.69) is 16.1 Å². The third-order valence-electron chi connectivity index (χ3n) is 10.2. The van der Waals surface area contributed by atoms with Crippen LogP contribution in [0.25, 0.3) is 0 Å². The number of ether oxygens (including phenoxy) is 1. The summed E-state index contributed by atoms with van der Waals surface area (Å²) in [4.78, 5) is 68.9. The number of aliphatic hydroxyl groups is 2. The predicted octanol–water partition coefficient (Wildman–Crippen LogP) is 3.23. The highest BCUT2D eigenvalue weighted by atomic mass is 16.7. The lowest BCUT2D eigenvalue weighted by Crippen LogP contribution is -2.59. The number of nitrogens with one attached hydrogen (secondary N) is 3. The fraction of sp³-hybridized carbons (Fsp3) is 0.523. The number of rotatable bonds is 23. The summed E-state index contributed by atoms with van der Waals surface area (Å²) in [5, 5.41) is 40.2. The summed E-state index contributed by atoms with van der Waals surface area (Å²) in [5.41, 5.74) is 4.43. The molecule has 2 rings (SSSR count). The zero-order valence-corrected chi connectivity index (χ0v) is 35.6. The van der Waals surface area contributed by atoms with E-state index >= 15 is 0 Å². The summed E-state index contributed by atoms with van der Waals surface area (Å²) in [6.07, 6.45) is 13.8. The highest BCUT2D eigenvalue weighted by molar-refractivity contribution is 5.87. The van der Waals surface area contributed by atoms with Crippen LogP contribution in [0.4, 0.5) is 0 Å². The molecule has 1 fully saturated rings. The molecular formula is C44H65N5O10. The van der Waals surface area contributed by atoms with Gasteiger partial charge in [0.25, 0.3) is 11.8 Å². The van der Waals surface area contributed by atoms with Crippen LogP contribution in [0.15, 0.2) is 84.5 Å². The lowest BCUT2D eigenvalue weighted by Gasteiger charge is -2.35. The molecule has 1 aliphatic heterocycles. The van der Waals surface area contributed by atoms with E-state index < -0.39 is 66.1 Å². The zero-order chi connectivity index (χ0) is 44.1. The number of aliphatic hydroxyl groups excluding tert-OH is 2. The maximum Gasteiger partial charge on any atom is 0.325 e. The van der Waals surface area contributed by atoms with Gasteiger partial charge < -0.3 is 35.5 Å². The van der Waals surface area contributed by atoms with Crippen LogP contribution in [-0.2, 0) is 40.0 Å². The first kappa shape index (κ1) is 50.2. The molecule has 3 amide bonds. The monoisotopic (exact) mass is 823 g/mol. The summed E-state index contributed by atoms with van der Waals surface area (Å²) in [6.45, 7) is 9.18. The largest absolute Gasteiger partial charge is 0.508 e. The molecule has 326 valence electrons. The molecule has 1 heterocycles. The SMILES string of the molecule is C/C=C/CC(C(=O)NC(C=O)C(C)C)C(O)[C@@H](C)[C@@H](O)/C=C/C=C/C[C@H](OC(=O)C1CCCN(C(=O)C(Cc2cccc(O)c2)NC)N1)/C(C)=C/C=C/C(=O)N(C)OC. The van der Waals surface area contributed by atoms with Crippen molar-refractivity contribution in [3.05, 3.63) is 90.1 Å². The summed E-state index contributed by atoms with van der Waals surface area (Å²) < 4.78 is 6.00. The molecule has 6 N–H and O–H groups in total. The Morgan fingerprint density at radius 1 is 1.08 bits per heavy atom. The first-order chi connectivity index (χ1) is 28.1. The molecule has 8 atom stereocenters. The van der Waals surface area contributed by atoms with Crippen LogP contribution in [0.3, 0.4) is 0 Å². The minimum absolute atomic E-state index is 0.102. The van der Waals surface area contributed by atoms with Crippen LogP contribution < -0.4 is 16.1 Å². The van der Waals surface area contributed by atoms with Crippen molar-refractivity contribution in [1.29, 1.82) is 0 Å². The minimum atomic E-state index is -1.23. The molecule has 0 radical (unpaired) electrons. The molecule has 0 saturated carbocycles. The number of esters is 1. The molecule has 1 saturated heterocycles. The average Bonchev–Trinajstić information content (AvgIpc) is 3.22. The van der Waals surface area contributed by atoms with E-state index in [0.29, 0.717) is 37.7 Å². The highest BCUT2D eigenvalue weighted by Crippen LogP contribution is 2.23. The third-order valence-corrected chi connectivity index (χ3v) is 10.2. The number of carbonyl (C=O) groups is 5. The van der Waals surface area contributed by atoms with Crippen molar-refractivity contribution in [2.24, 2.45) is 17.8 Å². The van der Waals surface area contributed by atoms with E-state index in [1.54, 1.807) is 82.5 Å². The molecule has 0 aromatic heterocycles. The van der Waals surface area contributed by atoms with Crippen LogP contribution in [0, 0.1) is 17.8 Å². The van der Waals surface area contributed by atoms with E-state index in [1.165, 1.54) is 37.4 Å². The number of carbonyl (C=O) groups excluding carboxylic acids is 5. The Kier molecular flexibility index (Phi) is 22.3. The topological polar surface area (TPSA) is 207 Å². The number of aromatic hydroxyl groups is 1. The van der Waals surface area contributed by atoms with Gasteiger partial charge in [-0.1, -0.05) is 81.5 Å². The Bertz CT molecular complexity index is 1670. The summed E-state index contributed by atoms with van der Waals surface area (Å²) in [7, 11) is 4.51. The van der Waals surface area contributed by atoms with Gasteiger partial charge in [0.05, 0.1) is 37.3 Å². The summed E-state index contributed by atoms with van der Waals surface area (Å²) in [6, 6.07) is 4.55. The molecule has 1 aromatic rings. The first-order valence-electron chi connectivity index (χ1n) is 20.0. The van der Waals surface area contributed by atoms with Gasteiger partial charge >= 0.3 is 5.97 Å². The number of nitrogens with zero attached hydrogens (tertiary/aromatic N) is 2. The van der Waals surface area contributed by atoms with Gasteiger partial charge in [-0.3, -0.25) is 29.0 Å². The fourth-order valence-electron chi connectivity index (χ4n) is 6.18. The van der Waals surface area contributed by atoms with E-state index in [-0.39, 0.29) is 30.4 Å². The number of likely N-dealkylation sites (N-methyl/N-ethyl adjacent to an activating group) is 2. The number of phenols is 1. The van der Waals surface area contributed by atoms with Crippen molar-refractivity contribution in [3.8, 4) is 5.75 Å². The van der Waals surface area contributed by atoms with Gasteiger partial charge in [-0.2, -0.15) is 0 Å². The zero-order valence-electron chi connectivity index (χ0n) is 35.6. The van der Waals surface area contributed by atoms with E-state index in [4.69, 9.17) is 9.57 Å². The van der Waals surface area contributed by atoms with Crippen molar-refractivity contribution in [2.45, 2.75) is 103 Å². The van der Waals surface area contributed by atoms with Gasteiger partial charge in [-0.25, -0.2) is 10.5 Å². The van der Waals surface area contributed by atoms with Crippen molar-refractivity contribution in [1.82, 2.24) is 26.1 Å². The normalized spacial score (nSPS) is 18.8. The Hall–Kier alpha value is -4.93. The fourth-order valence-corrected chi connectivity index (χ4v) is 6.18. The Labute approximate surface area is 348 Å². The Balaban J connectivity index is 2.20. The second-order valence-electron chi connectivity index (χ2n) is 15.0.